The monoisotopic (exact) mass is 403 g/mol. The molecule has 3 aromatic rings. The third kappa shape index (κ3) is 3.12. The first kappa shape index (κ1) is 18.8. The maximum atomic E-state index is 13.3. The van der Waals surface area contributed by atoms with E-state index >= 15 is 0 Å². The Bertz CT molecular complexity index is 1120. The summed E-state index contributed by atoms with van der Waals surface area (Å²) in [5.41, 5.74) is 0.966. The van der Waals surface area contributed by atoms with Crippen molar-refractivity contribution in [2.45, 2.75) is 20.0 Å². The number of imidazole rings is 1. The Hall–Kier alpha value is -2.58. The standard InChI is InChI=1S/C19H22ClN5O3/c1-3-24-15-16(21-18(24)23-8-10-28-11-9-23)22(2)19(27)25(17(15)26)12-13-4-6-14(20)7-5-13/h4-7H,3,8-12H2,1-2H3. The molecule has 0 radical (unpaired) electrons. The van der Waals surface area contributed by atoms with Crippen LogP contribution in [0.2, 0.25) is 5.02 Å². The highest BCUT2D eigenvalue weighted by atomic mass is 35.5. The Morgan fingerprint density at radius 2 is 1.79 bits per heavy atom. The lowest BCUT2D eigenvalue weighted by atomic mass is 10.2. The van der Waals surface area contributed by atoms with Crippen LogP contribution in [0.4, 0.5) is 5.95 Å². The summed E-state index contributed by atoms with van der Waals surface area (Å²) in [6, 6.07) is 7.12. The van der Waals surface area contributed by atoms with E-state index in [0.29, 0.717) is 55.0 Å². The van der Waals surface area contributed by atoms with Gasteiger partial charge in [0.15, 0.2) is 11.2 Å². The van der Waals surface area contributed by atoms with Gasteiger partial charge in [-0.1, -0.05) is 23.7 Å². The normalized spacial score (nSPS) is 14.8. The maximum absolute atomic E-state index is 13.3. The Morgan fingerprint density at radius 1 is 1.11 bits per heavy atom. The number of nitrogens with zero attached hydrogens (tertiary/aromatic N) is 5. The number of fused-ring (bicyclic) bond motifs is 1. The molecule has 1 aliphatic rings. The fourth-order valence-electron chi connectivity index (χ4n) is 3.58. The number of morpholine rings is 1. The van der Waals surface area contributed by atoms with Gasteiger partial charge in [0.2, 0.25) is 5.95 Å². The third-order valence-electron chi connectivity index (χ3n) is 5.08. The van der Waals surface area contributed by atoms with E-state index in [-0.39, 0.29) is 17.8 Å². The van der Waals surface area contributed by atoms with E-state index in [4.69, 9.17) is 16.3 Å². The van der Waals surface area contributed by atoms with Crippen molar-refractivity contribution < 1.29 is 4.74 Å². The molecule has 148 valence electrons. The summed E-state index contributed by atoms with van der Waals surface area (Å²) in [4.78, 5) is 32.9. The van der Waals surface area contributed by atoms with E-state index < -0.39 is 0 Å². The first-order valence-electron chi connectivity index (χ1n) is 9.28. The number of rotatable bonds is 4. The van der Waals surface area contributed by atoms with Crippen molar-refractivity contribution in [3.8, 4) is 0 Å². The zero-order valence-corrected chi connectivity index (χ0v) is 16.6. The zero-order valence-electron chi connectivity index (χ0n) is 15.9. The number of aromatic nitrogens is 4. The quantitative estimate of drug-likeness (QED) is 0.659. The molecule has 1 saturated heterocycles. The van der Waals surface area contributed by atoms with Gasteiger partial charge in [0, 0.05) is 31.7 Å². The molecule has 4 rings (SSSR count). The highest BCUT2D eigenvalue weighted by Gasteiger charge is 2.23. The van der Waals surface area contributed by atoms with Gasteiger partial charge < -0.3 is 14.2 Å². The maximum Gasteiger partial charge on any atom is 0.332 e. The Kier molecular flexibility index (Phi) is 4.99. The predicted molar refractivity (Wildman–Crippen MR) is 108 cm³/mol. The minimum Gasteiger partial charge on any atom is -0.378 e. The van der Waals surface area contributed by atoms with Crippen LogP contribution in [0.5, 0.6) is 0 Å². The van der Waals surface area contributed by atoms with Gasteiger partial charge in [0.1, 0.15) is 0 Å². The van der Waals surface area contributed by atoms with Gasteiger partial charge in [-0.2, -0.15) is 4.98 Å². The Morgan fingerprint density at radius 3 is 2.43 bits per heavy atom. The third-order valence-corrected chi connectivity index (χ3v) is 5.33. The van der Waals surface area contributed by atoms with Crippen LogP contribution in [0.3, 0.4) is 0 Å². The molecular weight excluding hydrogens is 382 g/mol. The van der Waals surface area contributed by atoms with Crippen molar-refractivity contribution in [1.82, 2.24) is 18.7 Å². The van der Waals surface area contributed by atoms with Crippen LogP contribution < -0.4 is 16.1 Å². The van der Waals surface area contributed by atoms with E-state index in [1.165, 1.54) is 9.13 Å². The fourth-order valence-corrected chi connectivity index (χ4v) is 3.70. The molecule has 1 aromatic carbocycles. The highest BCUT2D eigenvalue weighted by Crippen LogP contribution is 2.20. The molecule has 8 nitrogen and oxygen atoms in total. The molecule has 0 aliphatic carbocycles. The Labute approximate surface area is 166 Å². The molecule has 0 N–H and O–H groups in total. The number of ether oxygens (including phenoxy) is 1. The molecule has 0 spiro atoms. The molecule has 1 fully saturated rings. The van der Waals surface area contributed by atoms with Gasteiger partial charge in [0.25, 0.3) is 5.56 Å². The topological polar surface area (TPSA) is 74.3 Å². The number of anilines is 1. The first-order chi connectivity index (χ1) is 13.5. The summed E-state index contributed by atoms with van der Waals surface area (Å²) >= 11 is 5.94. The lowest BCUT2D eigenvalue weighted by Gasteiger charge is -2.27. The van der Waals surface area contributed by atoms with Gasteiger partial charge in [-0.3, -0.25) is 13.9 Å². The van der Waals surface area contributed by atoms with Crippen molar-refractivity contribution in [2.75, 3.05) is 31.2 Å². The van der Waals surface area contributed by atoms with Crippen LogP contribution in [0, 0.1) is 0 Å². The Balaban J connectivity index is 1.89. The van der Waals surface area contributed by atoms with Gasteiger partial charge in [-0.25, -0.2) is 4.79 Å². The second-order valence-electron chi connectivity index (χ2n) is 6.79. The average molecular weight is 404 g/mol. The second-order valence-corrected chi connectivity index (χ2v) is 7.22. The predicted octanol–water partition coefficient (Wildman–Crippen LogP) is 1.45. The van der Waals surface area contributed by atoms with Crippen molar-refractivity contribution in [1.29, 1.82) is 0 Å². The first-order valence-corrected chi connectivity index (χ1v) is 9.66. The van der Waals surface area contributed by atoms with E-state index in [9.17, 15) is 9.59 Å². The van der Waals surface area contributed by atoms with Crippen LogP contribution in [0.1, 0.15) is 12.5 Å². The summed E-state index contributed by atoms with van der Waals surface area (Å²) in [6.45, 7) is 5.38. The number of hydrogen-bond donors (Lipinski definition) is 0. The average Bonchev–Trinajstić information content (AvgIpc) is 3.11. The molecule has 2 aromatic heterocycles. The van der Waals surface area contributed by atoms with E-state index in [1.54, 1.807) is 19.2 Å². The van der Waals surface area contributed by atoms with Gasteiger partial charge >= 0.3 is 5.69 Å². The number of halogens is 1. The molecule has 3 heterocycles. The second kappa shape index (κ2) is 7.44. The zero-order chi connectivity index (χ0) is 19.8. The fraction of sp³-hybridized carbons (Fsp3) is 0.421. The lowest BCUT2D eigenvalue weighted by molar-refractivity contribution is 0.121. The van der Waals surface area contributed by atoms with E-state index in [0.717, 1.165) is 5.56 Å². The van der Waals surface area contributed by atoms with E-state index in [2.05, 4.69) is 9.88 Å². The number of aryl methyl sites for hydroxylation is 2. The van der Waals surface area contributed by atoms with Crippen LogP contribution in [-0.2, 0) is 24.9 Å². The summed E-state index contributed by atoms with van der Waals surface area (Å²) in [5.74, 6) is 0.706. The molecule has 0 bridgehead atoms. The summed E-state index contributed by atoms with van der Waals surface area (Å²) in [7, 11) is 1.65. The number of benzene rings is 1. The van der Waals surface area contributed by atoms with Crippen molar-refractivity contribution >= 4 is 28.7 Å². The summed E-state index contributed by atoms with van der Waals surface area (Å²) in [5, 5.41) is 0.610. The highest BCUT2D eigenvalue weighted by molar-refractivity contribution is 6.30. The molecule has 0 amide bonds. The van der Waals surface area contributed by atoms with Crippen LogP contribution in [0.15, 0.2) is 33.9 Å². The SMILES string of the molecule is CCn1c(N2CCOCC2)nc2c1c(=O)n(Cc1ccc(Cl)cc1)c(=O)n2C. The molecular formula is C19H22ClN5O3. The van der Waals surface area contributed by atoms with Crippen molar-refractivity contribution in [3.63, 3.8) is 0 Å². The molecule has 0 saturated carbocycles. The minimum absolute atomic E-state index is 0.181. The molecule has 9 heteroatoms. The van der Waals surface area contributed by atoms with Crippen LogP contribution in [-0.4, -0.2) is 45.0 Å². The van der Waals surface area contributed by atoms with Gasteiger partial charge in [-0.15, -0.1) is 0 Å². The van der Waals surface area contributed by atoms with Crippen molar-refractivity contribution in [2.24, 2.45) is 7.05 Å². The van der Waals surface area contributed by atoms with Crippen LogP contribution in [0.25, 0.3) is 11.2 Å². The summed E-state index contributed by atoms with van der Waals surface area (Å²) in [6.07, 6.45) is 0. The molecule has 28 heavy (non-hydrogen) atoms. The molecule has 0 unspecified atom stereocenters. The van der Waals surface area contributed by atoms with Crippen LogP contribution >= 0.6 is 11.6 Å². The smallest absolute Gasteiger partial charge is 0.332 e. The van der Waals surface area contributed by atoms with Gasteiger partial charge in [-0.05, 0) is 24.6 Å². The summed E-state index contributed by atoms with van der Waals surface area (Å²) < 4.78 is 10.0. The number of hydrogen-bond acceptors (Lipinski definition) is 5. The minimum atomic E-state index is -0.387. The van der Waals surface area contributed by atoms with Crippen molar-refractivity contribution in [3.05, 3.63) is 55.7 Å². The molecule has 0 atom stereocenters. The van der Waals surface area contributed by atoms with E-state index in [1.807, 2.05) is 23.6 Å². The van der Waals surface area contributed by atoms with Gasteiger partial charge in [0.05, 0.1) is 19.8 Å². The molecule has 1 aliphatic heterocycles. The largest absolute Gasteiger partial charge is 0.378 e. The lowest BCUT2D eigenvalue weighted by Crippen LogP contribution is -2.40.